The first-order valence-corrected chi connectivity index (χ1v) is 23.0. The number of aromatic nitrogens is 1. The van der Waals surface area contributed by atoms with E-state index in [0.717, 1.165) is 25.7 Å². The summed E-state index contributed by atoms with van der Waals surface area (Å²) < 4.78 is 0. The minimum absolute atomic E-state index is 0.197. The minimum Gasteiger partial charge on any atom is -0.264 e. The molecule has 0 aliphatic heterocycles. The molecule has 2 unspecified atom stereocenters. The van der Waals surface area contributed by atoms with Crippen LogP contribution >= 0.6 is 0 Å². The van der Waals surface area contributed by atoms with Gasteiger partial charge in [-0.15, -0.1) is 0 Å². The second kappa shape index (κ2) is 12.5. The van der Waals surface area contributed by atoms with Gasteiger partial charge in [-0.25, -0.2) is 0 Å². The highest BCUT2D eigenvalue weighted by Crippen LogP contribution is 2.61. The van der Waals surface area contributed by atoms with Crippen LogP contribution in [0.4, 0.5) is 0 Å². The lowest BCUT2D eigenvalue weighted by molar-refractivity contribution is 0.626. The fourth-order valence-corrected chi connectivity index (χ4v) is 13.5. The molecule has 10 aromatic carbocycles. The zero-order valence-corrected chi connectivity index (χ0v) is 35.3. The molecular weight excluding hydrogens is 771 g/mol. The van der Waals surface area contributed by atoms with Gasteiger partial charge >= 0.3 is 0 Å². The van der Waals surface area contributed by atoms with Crippen LogP contribution in [-0.4, -0.2) is 4.98 Å². The summed E-state index contributed by atoms with van der Waals surface area (Å²) in [6.45, 7) is 0. The Hall–Kier alpha value is -7.61. The van der Waals surface area contributed by atoms with Crippen LogP contribution in [0.5, 0.6) is 0 Å². The number of hydrogen-bond acceptors (Lipinski definition) is 1. The Balaban J connectivity index is 0.958. The molecule has 0 bridgehead atoms. The molecule has 0 amide bonds. The molecule has 15 rings (SSSR count). The summed E-state index contributed by atoms with van der Waals surface area (Å²) in [4.78, 5) is 4.87. The summed E-state index contributed by atoms with van der Waals surface area (Å²) in [5, 5.41) is 10.2. The predicted octanol–water partition coefficient (Wildman–Crippen LogP) is 15.6. The monoisotopic (exact) mass is 811 g/mol. The Morgan fingerprint density at radius 3 is 1.28 bits per heavy atom. The molecule has 0 saturated carbocycles. The zero-order chi connectivity index (χ0) is 41.7. The van der Waals surface area contributed by atoms with Crippen LogP contribution in [0.1, 0.15) is 57.3 Å². The van der Waals surface area contributed by atoms with Gasteiger partial charge in [0.1, 0.15) is 0 Å². The fourth-order valence-electron chi connectivity index (χ4n) is 13.5. The molecule has 4 aliphatic rings. The Morgan fingerprint density at radius 2 is 0.750 bits per heavy atom. The lowest BCUT2D eigenvalue weighted by Gasteiger charge is -2.30. The summed E-state index contributed by atoms with van der Waals surface area (Å²) in [6, 6.07) is 72.2. The molecule has 1 nitrogen and oxygen atoms in total. The van der Waals surface area contributed by atoms with E-state index >= 15 is 0 Å². The molecule has 2 atom stereocenters. The summed E-state index contributed by atoms with van der Waals surface area (Å²) >= 11 is 0. The van der Waals surface area contributed by atoms with Gasteiger partial charge in [-0.3, -0.25) is 4.98 Å². The third kappa shape index (κ3) is 4.37. The van der Waals surface area contributed by atoms with Gasteiger partial charge in [0.2, 0.25) is 0 Å². The van der Waals surface area contributed by atoms with Crippen molar-refractivity contribution in [3.05, 3.63) is 245 Å². The van der Waals surface area contributed by atoms with Gasteiger partial charge in [0.05, 0.1) is 0 Å². The summed E-state index contributed by atoms with van der Waals surface area (Å²) in [5.74, 6) is 0. The number of aryl methyl sites for hydroxylation is 2. The van der Waals surface area contributed by atoms with Gasteiger partial charge in [0.15, 0.2) is 0 Å². The van der Waals surface area contributed by atoms with Crippen molar-refractivity contribution in [1.29, 1.82) is 0 Å². The standard InChI is InChI=1S/C63H41N/c1-3-13-40-33-56-42(31-38(40)11-1)25-28-62(56)54-19-9-7-15-46(54)48-23-21-44(35-58(48)62)60-50-17-5-6-18-51(50)61(53-37-64-30-27-52(53)60)45-22-24-49-47-16-8-10-20-55(47)63(59(49)36-45)29-26-43-32-39-12-2-4-14-41(39)34-57(43)63/h1-24,27,30-37H,25-26,28-29H2. The van der Waals surface area contributed by atoms with Crippen LogP contribution < -0.4 is 0 Å². The van der Waals surface area contributed by atoms with Crippen molar-refractivity contribution in [3.8, 4) is 44.5 Å². The molecule has 11 aromatic rings. The Morgan fingerprint density at radius 1 is 0.328 bits per heavy atom. The van der Waals surface area contributed by atoms with E-state index in [1.54, 1.807) is 0 Å². The largest absolute Gasteiger partial charge is 0.264 e. The van der Waals surface area contributed by atoms with Crippen molar-refractivity contribution in [3.63, 3.8) is 0 Å². The van der Waals surface area contributed by atoms with E-state index in [-0.39, 0.29) is 10.8 Å². The number of pyridine rings is 1. The van der Waals surface area contributed by atoms with Crippen molar-refractivity contribution in [1.82, 2.24) is 4.98 Å². The minimum atomic E-state index is -0.200. The lowest BCUT2D eigenvalue weighted by Crippen LogP contribution is -2.23. The maximum absolute atomic E-state index is 4.87. The molecule has 0 radical (unpaired) electrons. The van der Waals surface area contributed by atoms with E-state index in [1.165, 1.54) is 132 Å². The number of nitrogens with zero attached hydrogens (tertiary/aromatic N) is 1. The second-order valence-electron chi connectivity index (χ2n) is 18.9. The van der Waals surface area contributed by atoms with Gasteiger partial charge in [-0.05, 0) is 183 Å². The van der Waals surface area contributed by atoms with Crippen LogP contribution in [0.3, 0.4) is 0 Å². The van der Waals surface area contributed by atoms with Crippen LogP contribution in [0.2, 0.25) is 0 Å². The van der Waals surface area contributed by atoms with Crippen molar-refractivity contribution >= 4 is 43.1 Å². The molecular formula is C63H41N. The van der Waals surface area contributed by atoms with E-state index in [9.17, 15) is 0 Å². The van der Waals surface area contributed by atoms with Crippen molar-refractivity contribution < 1.29 is 0 Å². The quantitative estimate of drug-likeness (QED) is 0.159. The first kappa shape index (κ1) is 34.9. The number of benzene rings is 10. The Kier molecular flexibility index (Phi) is 6.83. The second-order valence-corrected chi connectivity index (χ2v) is 18.9. The van der Waals surface area contributed by atoms with Gasteiger partial charge in [-0.2, -0.15) is 0 Å². The van der Waals surface area contributed by atoms with Crippen LogP contribution in [-0.2, 0) is 23.7 Å². The highest BCUT2D eigenvalue weighted by atomic mass is 14.6. The molecule has 1 heterocycles. The number of rotatable bonds is 2. The average molecular weight is 812 g/mol. The first-order valence-electron chi connectivity index (χ1n) is 23.0. The summed E-state index contributed by atoms with van der Waals surface area (Å²) in [5.41, 5.74) is 21.8. The molecule has 4 aliphatic carbocycles. The van der Waals surface area contributed by atoms with Gasteiger partial charge in [-0.1, -0.05) is 158 Å². The molecule has 0 N–H and O–H groups in total. The molecule has 0 saturated heterocycles. The van der Waals surface area contributed by atoms with Gasteiger partial charge in [0, 0.05) is 28.6 Å². The van der Waals surface area contributed by atoms with E-state index in [2.05, 4.69) is 194 Å². The summed E-state index contributed by atoms with van der Waals surface area (Å²) in [7, 11) is 0. The van der Waals surface area contributed by atoms with Crippen molar-refractivity contribution in [2.75, 3.05) is 0 Å². The zero-order valence-electron chi connectivity index (χ0n) is 35.3. The van der Waals surface area contributed by atoms with E-state index in [0.29, 0.717) is 0 Å². The van der Waals surface area contributed by atoms with Gasteiger partial charge < -0.3 is 0 Å². The Bertz CT molecular complexity index is 3560. The normalized spacial score (nSPS) is 18.5. The maximum atomic E-state index is 4.87. The molecule has 298 valence electrons. The smallest absolute Gasteiger partial charge is 0.0469 e. The third-order valence-corrected chi connectivity index (χ3v) is 16.1. The molecule has 1 aromatic heterocycles. The molecule has 2 spiro atoms. The molecule has 64 heavy (non-hydrogen) atoms. The predicted molar refractivity (Wildman–Crippen MR) is 265 cm³/mol. The van der Waals surface area contributed by atoms with E-state index in [4.69, 9.17) is 4.98 Å². The van der Waals surface area contributed by atoms with E-state index < -0.39 is 0 Å². The highest BCUT2D eigenvalue weighted by Gasteiger charge is 2.50. The topological polar surface area (TPSA) is 12.9 Å². The average Bonchev–Trinajstić information content (AvgIpc) is 4.08. The van der Waals surface area contributed by atoms with Crippen molar-refractivity contribution in [2.45, 2.75) is 36.5 Å². The number of fused-ring (bicyclic) bond motifs is 18. The number of hydrogen-bond donors (Lipinski definition) is 0. The highest BCUT2D eigenvalue weighted by molar-refractivity contribution is 6.21. The maximum Gasteiger partial charge on any atom is 0.0469 e. The van der Waals surface area contributed by atoms with Crippen LogP contribution in [0.15, 0.2) is 200 Å². The Labute approximate surface area is 372 Å². The fraction of sp³-hybridized carbons (Fsp3) is 0.0952. The van der Waals surface area contributed by atoms with Gasteiger partial charge in [0.25, 0.3) is 0 Å². The van der Waals surface area contributed by atoms with E-state index in [1.807, 2.05) is 6.20 Å². The van der Waals surface area contributed by atoms with Crippen LogP contribution in [0, 0.1) is 0 Å². The molecule has 0 fully saturated rings. The summed E-state index contributed by atoms with van der Waals surface area (Å²) in [6.07, 6.45) is 8.39. The van der Waals surface area contributed by atoms with Crippen molar-refractivity contribution in [2.24, 2.45) is 0 Å². The lowest BCUT2D eigenvalue weighted by atomic mass is 9.72. The SMILES string of the molecule is c1ccc2c(c1)-c1ccc(-c3c4ccccc4c(-c4ccc5c(c4)C4(CCc6cc7ccccc7cc64)c4ccccc4-5)c4cnccc34)cc1C21CCc2cc3ccccc3cc21. The van der Waals surface area contributed by atoms with Crippen LogP contribution in [0.25, 0.3) is 87.6 Å². The third-order valence-electron chi connectivity index (χ3n) is 16.1. The molecule has 1 heteroatoms. The first-order chi connectivity index (χ1) is 31.7.